The predicted octanol–water partition coefficient (Wildman–Crippen LogP) is 5.50. The minimum atomic E-state index is -0.276. The Hall–Kier alpha value is -4.46. The highest BCUT2D eigenvalue weighted by atomic mass is 16.2. The molecule has 8 heteroatoms. The lowest BCUT2D eigenvalue weighted by molar-refractivity contribution is -0.123. The molecule has 1 aliphatic carbocycles. The number of nitrogens with one attached hydrogen (secondary N) is 2. The van der Waals surface area contributed by atoms with Crippen LogP contribution in [0.25, 0.3) is 10.9 Å². The van der Waals surface area contributed by atoms with Crippen LogP contribution in [0.1, 0.15) is 60.0 Å². The van der Waals surface area contributed by atoms with Crippen molar-refractivity contribution in [3.8, 4) is 0 Å². The minimum absolute atomic E-state index is 0.0227. The number of rotatable bonds is 7. The molecular weight excluding hydrogens is 512 g/mol. The summed E-state index contributed by atoms with van der Waals surface area (Å²) >= 11 is 0. The first-order valence-corrected chi connectivity index (χ1v) is 14.4. The quantitative estimate of drug-likeness (QED) is 0.317. The van der Waals surface area contributed by atoms with E-state index < -0.39 is 0 Å². The van der Waals surface area contributed by atoms with Crippen molar-refractivity contribution in [3.63, 3.8) is 0 Å². The van der Waals surface area contributed by atoms with Crippen LogP contribution in [0.3, 0.4) is 0 Å². The van der Waals surface area contributed by atoms with Crippen molar-refractivity contribution in [2.24, 2.45) is 0 Å². The first kappa shape index (κ1) is 26.7. The number of carbonyl (C=O) groups excluding carboxylic acids is 2. The summed E-state index contributed by atoms with van der Waals surface area (Å²) in [5.74, 6) is 1.33. The van der Waals surface area contributed by atoms with Crippen molar-refractivity contribution in [3.05, 3.63) is 89.5 Å². The van der Waals surface area contributed by atoms with Crippen molar-refractivity contribution in [1.82, 2.24) is 15.3 Å². The Labute approximate surface area is 240 Å². The molecule has 2 amide bonds. The average molecular weight is 549 g/mol. The highest BCUT2D eigenvalue weighted by Crippen LogP contribution is 2.30. The third-order valence-corrected chi connectivity index (χ3v) is 8.33. The maximum atomic E-state index is 13.1. The van der Waals surface area contributed by atoms with E-state index in [2.05, 4.69) is 10.6 Å². The number of aromatic nitrogens is 2. The van der Waals surface area contributed by atoms with E-state index in [4.69, 9.17) is 9.97 Å². The molecule has 1 fully saturated rings. The number of anilines is 3. The molecule has 1 aromatic heterocycles. The molecule has 6 rings (SSSR count). The van der Waals surface area contributed by atoms with Crippen molar-refractivity contribution in [2.45, 2.75) is 57.2 Å². The van der Waals surface area contributed by atoms with Crippen LogP contribution in [0.5, 0.6) is 0 Å². The Balaban J connectivity index is 1.02. The number of hydrogen-bond donors (Lipinski definition) is 2. The number of carbonyl (C=O) groups is 2. The summed E-state index contributed by atoms with van der Waals surface area (Å²) in [6.45, 7) is 2.51. The molecule has 2 N–H and O–H groups in total. The Morgan fingerprint density at radius 1 is 0.902 bits per heavy atom. The Morgan fingerprint density at radius 3 is 2.32 bits per heavy atom. The molecule has 1 atom stereocenters. The summed E-state index contributed by atoms with van der Waals surface area (Å²) < 4.78 is 0. The van der Waals surface area contributed by atoms with Gasteiger partial charge in [-0.2, -0.15) is 4.98 Å². The van der Waals surface area contributed by atoms with E-state index in [1.807, 2.05) is 98.7 Å². The normalized spacial score (nSPS) is 19.1. The third-order valence-electron chi connectivity index (χ3n) is 8.33. The maximum absolute atomic E-state index is 13.1. The summed E-state index contributed by atoms with van der Waals surface area (Å²) in [6.07, 6.45) is 3.68. The van der Waals surface area contributed by atoms with Gasteiger partial charge in [-0.25, -0.2) is 4.98 Å². The van der Waals surface area contributed by atoms with Gasteiger partial charge in [0.25, 0.3) is 5.91 Å². The van der Waals surface area contributed by atoms with Crippen molar-refractivity contribution >= 4 is 40.2 Å². The van der Waals surface area contributed by atoms with Gasteiger partial charge >= 0.3 is 0 Å². The van der Waals surface area contributed by atoms with E-state index in [0.29, 0.717) is 12.5 Å². The second kappa shape index (κ2) is 11.2. The van der Waals surface area contributed by atoms with Gasteiger partial charge in [0.2, 0.25) is 11.9 Å². The molecule has 0 spiro atoms. The van der Waals surface area contributed by atoms with Gasteiger partial charge in [-0.1, -0.05) is 42.5 Å². The lowest BCUT2D eigenvalue weighted by Gasteiger charge is -2.30. The fourth-order valence-electron chi connectivity index (χ4n) is 5.91. The Bertz CT molecular complexity index is 1580. The SMILES string of the molecule is CC(C(=O)N[C@H]1CC[C@@H](Nc2nc(N(C)C)c3ccccc3n2)CC1)c1ccc(N2Cc3ccccc3C2=O)cc1. The van der Waals surface area contributed by atoms with Crippen molar-refractivity contribution < 1.29 is 9.59 Å². The Morgan fingerprint density at radius 2 is 1.59 bits per heavy atom. The van der Waals surface area contributed by atoms with Gasteiger partial charge in [0.1, 0.15) is 5.82 Å². The zero-order valence-electron chi connectivity index (χ0n) is 23.8. The molecular formula is C33H36N6O2. The van der Waals surface area contributed by atoms with Crippen LogP contribution in [0.15, 0.2) is 72.8 Å². The van der Waals surface area contributed by atoms with Gasteiger partial charge < -0.3 is 20.4 Å². The molecule has 0 saturated heterocycles. The average Bonchev–Trinajstić information content (AvgIpc) is 3.33. The number of nitrogens with zero attached hydrogens (tertiary/aromatic N) is 4. The van der Waals surface area contributed by atoms with Gasteiger partial charge in [0.05, 0.1) is 18.0 Å². The number of amides is 2. The van der Waals surface area contributed by atoms with Gasteiger partial charge in [0, 0.05) is 42.8 Å². The fraction of sp³-hybridized carbons (Fsp3) is 0.333. The van der Waals surface area contributed by atoms with Gasteiger partial charge in [0.15, 0.2) is 0 Å². The molecule has 8 nitrogen and oxygen atoms in total. The van der Waals surface area contributed by atoms with E-state index >= 15 is 0 Å². The molecule has 2 aliphatic rings. The Kier molecular flexibility index (Phi) is 7.30. The van der Waals surface area contributed by atoms with E-state index in [1.165, 1.54) is 0 Å². The van der Waals surface area contributed by atoms with Crippen LogP contribution in [0.2, 0.25) is 0 Å². The smallest absolute Gasteiger partial charge is 0.258 e. The van der Waals surface area contributed by atoms with Crippen molar-refractivity contribution in [1.29, 1.82) is 0 Å². The van der Waals surface area contributed by atoms with E-state index in [9.17, 15) is 9.59 Å². The molecule has 41 heavy (non-hydrogen) atoms. The van der Waals surface area contributed by atoms with E-state index in [0.717, 1.165) is 64.8 Å². The minimum Gasteiger partial charge on any atom is -0.362 e. The van der Waals surface area contributed by atoms with Crippen LogP contribution >= 0.6 is 0 Å². The van der Waals surface area contributed by atoms with Gasteiger partial charge in [-0.3, -0.25) is 9.59 Å². The summed E-state index contributed by atoms with van der Waals surface area (Å²) in [4.78, 5) is 39.3. The second-order valence-corrected chi connectivity index (χ2v) is 11.3. The molecule has 1 unspecified atom stereocenters. The molecule has 2 heterocycles. The van der Waals surface area contributed by atoms with Crippen LogP contribution in [0.4, 0.5) is 17.5 Å². The molecule has 3 aromatic carbocycles. The zero-order valence-corrected chi connectivity index (χ0v) is 23.8. The van der Waals surface area contributed by atoms with Crippen LogP contribution in [-0.4, -0.2) is 48.0 Å². The van der Waals surface area contributed by atoms with Crippen LogP contribution < -0.4 is 20.4 Å². The van der Waals surface area contributed by atoms with Gasteiger partial charge in [-0.15, -0.1) is 0 Å². The molecule has 0 bridgehead atoms. The maximum Gasteiger partial charge on any atom is 0.258 e. The van der Waals surface area contributed by atoms with Crippen molar-refractivity contribution in [2.75, 3.05) is 29.2 Å². The van der Waals surface area contributed by atoms with E-state index in [-0.39, 0.29) is 29.8 Å². The molecule has 0 radical (unpaired) electrons. The molecule has 4 aromatic rings. The highest BCUT2D eigenvalue weighted by molar-refractivity contribution is 6.10. The summed E-state index contributed by atoms with van der Waals surface area (Å²) in [5, 5.41) is 7.84. The first-order valence-electron chi connectivity index (χ1n) is 14.4. The fourth-order valence-corrected chi connectivity index (χ4v) is 5.91. The molecule has 210 valence electrons. The van der Waals surface area contributed by atoms with Gasteiger partial charge in [-0.05, 0) is 74.1 Å². The number of hydrogen-bond acceptors (Lipinski definition) is 6. The largest absolute Gasteiger partial charge is 0.362 e. The summed E-state index contributed by atoms with van der Waals surface area (Å²) in [5.41, 5.74) is 4.52. The zero-order chi connectivity index (χ0) is 28.5. The number of para-hydroxylation sites is 1. The number of benzene rings is 3. The topological polar surface area (TPSA) is 90.5 Å². The standard InChI is InChI=1S/C33H36N6O2/c1-21(22-12-18-26(19-13-22)39-20-23-8-4-5-9-27(23)32(39)41)31(40)34-24-14-16-25(17-15-24)35-33-36-29-11-7-6-10-28(29)30(37-33)38(2)3/h4-13,18-19,21,24-25H,14-17,20H2,1-3H3,(H,34,40)(H,35,36,37)/t21?,24-,25+. The van der Waals surface area contributed by atoms with E-state index in [1.54, 1.807) is 4.90 Å². The number of fused-ring (bicyclic) bond motifs is 2. The molecule has 1 saturated carbocycles. The summed E-state index contributed by atoms with van der Waals surface area (Å²) in [7, 11) is 3.99. The predicted molar refractivity (Wildman–Crippen MR) is 163 cm³/mol. The second-order valence-electron chi connectivity index (χ2n) is 11.3. The summed E-state index contributed by atoms with van der Waals surface area (Å²) in [6, 6.07) is 24.0. The van der Waals surface area contributed by atoms with Crippen LogP contribution in [-0.2, 0) is 11.3 Å². The lowest BCUT2D eigenvalue weighted by Crippen LogP contribution is -2.41. The lowest BCUT2D eigenvalue weighted by atomic mass is 9.90. The first-order chi connectivity index (χ1) is 19.9. The highest BCUT2D eigenvalue weighted by Gasteiger charge is 2.29. The monoisotopic (exact) mass is 548 g/mol. The third kappa shape index (κ3) is 5.46. The van der Waals surface area contributed by atoms with Crippen LogP contribution in [0, 0.1) is 0 Å². The molecule has 1 aliphatic heterocycles.